The lowest BCUT2D eigenvalue weighted by Crippen LogP contribution is -2.44. The van der Waals surface area contributed by atoms with Crippen LogP contribution < -0.4 is 0 Å². The second-order valence-electron chi connectivity index (χ2n) is 5.00. The van der Waals surface area contributed by atoms with E-state index in [1.165, 1.54) is 30.6 Å². The van der Waals surface area contributed by atoms with Gasteiger partial charge in [-0.3, -0.25) is 0 Å². The molecule has 2 aliphatic rings. The Balaban J connectivity index is 1.75. The average Bonchev–Trinajstić information content (AvgIpc) is 2.56. The molecule has 0 bridgehead atoms. The zero-order valence-corrected chi connectivity index (χ0v) is 10.5. The van der Waals surface area contributed by atoms with Crippen molar-refractivity contribution in [1.29, 1.82) is 0 Å². The third-order valence-corrected chi connectivity index (χ3v) is 5.24. The molecule has 0 N–H and O–H groups in total. The molecule has 0 aromatic heterocycles. The van der Waals surface area contributed by atoms with Gasteiger partial charge in [-0.2, -0.15) is 0 Å². The lowest BCUT2D eigenvalue weighted by Gasteiger charge is -2.42. The van der Waals surface area contributed by atoms with E-state index < -0.39 is 0 Å². The molecule has 1 nitrogen and oxygen atoms in total. The van der Waals surface area contributed by atoms with Crippen molar-refractivity contribution in [3.05, 3.63) is 30.3 Å². The Labute approximate surface area is 102 Å². The molecule has 16 heavy (non-hydrogen) atoms. The van der Waals surface area contributed by atoms with E-state index >= 15 is 0 Å². The van der Waals surface area contributed by atoms with Crippen molar-refractivity contribution >= 4 is 11.8 Å². The molecular weight excluding hydrogens is 216 g/mol. The second kappa shape index (κ2) is 4.08. The number of thioether (sulfide) groups is 1. The van der Waals surface area contributed by atoms with Gasteiger partial charge in [-0.15, -0.1) is 11.8 Å². The molecule has 0 unspecified atom stereocenters. The Hall–Kier alpha value is -0.470. The lowest BCUT2D eigenvalue weighted by molar-refractivity contribution is -0.0827. The van der Waals surface area contributed by atoms with Gasteiger partial charge in [-0.25, -0.2) is 0 Å². The van der Waals surface area contributed by atoms with Crippen LogP contribution in [0.15, 0.2) is 35.2 Å². The summed E-state index contributed by atoms with van der Waals surface area (Å²) in [5.74, 6) is 0. The highest BCUT2D eigenvalue weighted by molar-refractivity contribution is 8.00. The average molecular weight is 234 g/mol. The Morgan fingerprint density at radius 3 is 2.62 bits per heavy atom. The molecule has 3 rings (SSSR count). The summed E-state index contributed by atoms with van der Waals surface area (Å²) in [5.41, 5.74) is 0.222. The van der Waals surface area contributed by atoms with Crippen LogP contribution >= 0.6 is 11.8 Å². The van der Waals surface area contributed by atoms with E-state index in [4.69, 9.17) is 4.74 Å². The van der Waals surface area contributed by atoms with Crippen LogP contribution in [0.2, 0.25) is 0 Å². The Morgan fingerprint density at radius 1 is 1.25 bits per heavy atom. The minimum Gasteiger partial charge on any atom is -0.371 e. The summed E-state index contributed by atoms with van der Waals surface area (Å²) < 4.78 is 6.15. The van der Waals surface area contributed by atoms with Gasteiger partial charge in [0.1, 0.15) is 0 Å². The molecule has 2 fully saturated rings. The summed E-state index contributed by atoms with van der Waals surface area (Å²) in [6, 6.07) is 10.7. The molecule has 2 atom stereocenters. The first kappa shape index (κ1) is 10.7. The van der Waals surface area contributed by atoms with Gasteiger partial charge in [-0.1, -0.05) is 18.2 Å². The maximum absolute atomic E-state index is 6.15. The third kappa shape index (κ3) is 1.78. The zero-order chi connectivity index (χ0) is 11.0. The number of benzene rings is 1. The first-order valence-electron chi connectivity index (χ1n) is 6.18. The highest BCUT2D eigenvalue weighted by atomic mass is 32.2. The fraction of sp³-hybridized carbons (Fsp3) is 0.571. The van der Waals surface area contributed by atoms with Gasteiger partial charge in [0.05, 0.1) is 11.7 Å². The third-order valence-electron chi connectivity index (χ3n) is 3.79. The van der Waals surface area contributed by atoms with E-state index in [2.05, 4.69) is 37.3 Å². The first-order valence-corrected chi connectivity index (χ1v) is 7.06. The Kier molecular flexibility index (Phi) is 2.72. The van der Waals surface area contributed by atoms with Crippen molar-refractivity contribution in [2.45, 2.75) is 54.5 Å². The van der Waals surface area contributed by atoms with Crippen molar-refractivity contribution in [2.75, 3.05) is 0 Å². The first-order chi connectivity index (χ1) is 7.78. The fourth-order valence-electron chi connectivity index (χ4n) is 2.82. The minimum atomic E-state index is 0.222. The van der Waals surface area contributed by atoms with Crippen LogP contribution in [0.25, 0.3) is 0 Å². The highest BCUT2D eigenvalue weighted by Gasteiger charge is 2.51. The predicted octanol–water partition coefficient (Wildman–Crippen LogP) is 3.88. The molecule has 86 valence electrons. The molecule has 2 heteroatoms. The molecule has 1 spiro atoms. The van der Waals surface area contributed by atoms with Crippen molar-refractivity contribution in [3.63, 3.8) is 0 Å². The largest absolute Gasteiger partial charge is 0.371 e. The lowest BCUT2D eigenvalue weighted by atomic mass is 9.78. The van der Waals surface area contributed by atoms with Gasteiger partial charge in [0.25, 0.3) is 0 Å². The predicted molar refractivity (Wildman–Crippen MR) is 67.8 cm³/mol. The summed E-state index contributed by atoms with van der Waals surface area (Å²) in [5, 5.41) is 0.665. The molecule has 1 aliphatic heterocycles. The van der Waals surface area contributed by atoms with Crippen molar-refractivity contribution < 1.29 is 4.74 Å². The van der Waals surface area contributed by atoms with Gasteiger partial charge in [-0.05, 0) is 44.7 Å². The maximum atomic E-state index is 6.15. The SMILES string of the molecule is C[C@@H]1C[C@H](Sc2ccccc2)C2(CCC2)O1. The van der Waals surface area contributed by atoms with E-state index in [1.54, 1.807) is 0 Å². The van der Waals surface area contributed by atoms with Crippen LogP contribution in [-0.4, -0.2) is 17.0 Å². The number of hydrogen-bond donors (Lipinski definition) is 0. The van der Waals surface area contributed by atoms with Gasteiger partial charge in [0.15, 0.2) is 0 Å². The van der Waals surface area contributed by atoms with E-state index in [9.17, 15) is 0 Å². The van der Waals surface area contributed by atoms with Gasteiger partial charge >= 0.3 is 0 Å². The molecule has 0 amide bonds. The summed E-state index contributed by atoms with van der Waals surface area (Å²) >= 11 is 2.01. The van der Waals surface area contributed by atoms with Crippen molar-refractivity contribution in [3.8, 4) is 0 Å². The second-order valence-corrected chi connectivity index (χ2v) is 6.28. The Morgan fingerprint density at radius 2 is 2.00 bits per heavy atom. The van der Waals surface area contributed by atoms with Crippen LogP contribution in [-0.2, 0) is 4.74 Å². The van der Waals surface area contributed by atoms with Crippen LogP contribution in [0.4, 0.5) is 0 Å². The Bertz CT molecular complexity index is 358. The quantitative estimate of drug-likeness (QED) is 0.768. The number of rotatable bonds is 2. The summed E-state index contributed by atoms with van der Waals surface area (Å²) in [4.78, 5) is 1.39. The maximum Gasteiger partial charge on any atom is 0.0808 e. The molecule has 1 aromatic carbocycles. The highest BCUT2D eigenvalue weighted by Crippen LogP contribution is 2.51. The van der Waals surface area contributed by atoms with Crippen molar-refractivity contribution in [2.24, 2.45) is 0 Å². The van der Waals surface area contributed by atoms with E-state index in [-0.39, 0.29) is 5.60 Å². The van der Waals surface area contributed by atoms with Crippen LogP contribution in [0.1, 0.15) is 32.6 Å². The molecular formula is C14H18OS. The number of hydrogen-bond acceptors (Lipinski definition) is 2. The molecule has 1 saturated carbocycles. The van der Waals surface area contributed by atoms with E-state index in [1.807, 2.05) is 11.8 Å². The van der Waals surface area contributed by atoms with Crippen molar-refractivity contribution in [1.82, 2.24) is 0 Å². The number of ether oxygens (including phenoxy) is 1. The summed E-state index contributed by atoms with van der Waals surface area (Å²) in [7, 11) is 0. The van der Waals surface area contributed by atoms with Gasteiger partial charge in [0.2, 0.25) is 0 Å². The molecule has 1 saturated heterocycles. The topological polar surface area (TPSA) is 9.23 Å². The van der Waals surface area contributed by atoms with Crippen LogP contribution in [0, 0.1) is 0 Å². The van der Waals surface area contributed by atoms with E-state index in [0.717, 1.165) is 0 Å². The minimum absolute atomic E-state index is 0.222. The molecule has 1 aromatic rings. The standard InChI is InChI=1S/C14H18OS/c1-11-10-13(14(15-11)8-5-9-14)16-12-6-3-2-4-7-12/h2-4,6-7,11,13H,5,8-10H2,1H3/t11-,13+/m1/s1. The summed E-state index contributed by atoms with van der Waals surface area (Å²) in [6.07, 6.45) is 5.53. The summed E-state index contributed by atoms with van der Waals surface area (Å²) in [6.45, 7) is 2.21. The normalized spacial score (nSPS) is 31.6. The van der Waals surface area contributed by atoms with E-state index in [0.29, 0.717) is 11.4 Å². The fourth-order valence-corrected chi connectivity index (χ4v) is 4.34. The molecule has 1 heterocycles. The van der Waals surface area contributed by atoms with Crippen LogP contribution in [0.5, 0.6) is 0 Å². The van der Waals surface area contributed by atoms with Crippen LogP contribution in [0.3, 0.4) is 0 Å². The molecule has 1 aliphatic carbocycles. The monoisotopic (exact) mass is 234 g/mol. The van der Waals surface area contributed by atoms with Gasteiger partial charge in [0, 0.05) is 10.1 Å². The zero-order valence-electron chi connectivity index (χ0n) is 9.69. The molecule has 0 radical (unpaired) electrons. The smallest absolute Gasteiger partial charge is 0.0808 e. The van der Waals surface area contributed by atoms with Gasteiger partial charge < -0.3 is 4.74 Å².